The van der Waals surface area contributed by atoms with E-state index in [4.69, 9.17) is 11.6 Å². The summed E-state index contributed by atoms with van der Waals surface area (Å²) in [6.07, 6.45) is 6.24. The van der Waals surface area contributed by atoms with Crippen LogP contribution in [-0.4, -0.2) is 37.9 Å². The van der Waals surface area contributed by atoms with Crippen LogP contribution in [0.2, 0.25) is 5.02 Å². The number of fused-ring (bicyclic) bond motifs is 1. The number of nitrogens with zero attached hydrogens (tertiary/aromatic N) is 1. The molecule has 0 unspecified atom stereocenters. The molecule has 0 spiro atoms. The van der Waals surface area contributed by atoms with Gasteiger partial charge in [0.15, 0.2) is 0 Å². The number of hydrogen-bond donors (Lipinski definition) is 2. The molecule has 0 saturated heterocycles. The van der Waals surface area contributed by atoms with Crippen molar-refractivity contribution in [2.24, 2.45) is 0 Å². The first-order valence-electron chi connectivity index (χ1n) is 9.80. The molecule has 1 aromatic heterocycles. The molecule has 156 valence electrons. The lowest BCUT2D eigenvalue weighted by Gasteiger charge is -2.23. The largest absolute Gasteiger partial charge is 0.372 e. The normalized spacial score (nSPS) is 14.4. The van der Waals surface area contributed by atoms with Crippen molar-refractivity contribution in [1.82, 2.24) is 14.6 Å². The molecule has 1 aliphatic rings. The maximum atomic E-state index is 12.4. The second-order valence-corrected chi connectivity index (χ2v) is 9.70. The zero-order valence-corrected chi connectivity index (χ0v) is 18.5. The zero-order chi connectivity index (χ0) is 21.3. The molecule has 0 aliphatic carbocycles. The first-order chi connectivity index (χ1) is 14.3. The number of rotatable bonds is 6. The van der Waals surface area contributed by atoms with Crippen molar-refractivity contribution < 1.29 is 8.42 Å². The molecule has 30 heavy (non-hydrogen) atoms. The van der Waals surface area contributed by atoms with Crippen molar-refractivity contribution in [3.63, 3.8) is 0 Å². The molecule has 0 fully saturated rings. The Labute approximate surface area is 182 Å². The number of aryl methyl sites for hydroxylation is 2. The van der Waals surface area contributed by atoms with Gasteiger partial charge in [0.25, 0.3) is 0 Å². The molecular formula is C23H24ClN3O2S. The topological polar surface area (TPSA) is 65.2 Å². The van der Waals surface area contributed by atoms with Crippen LogP contribution >= 0.6 is 11.6 Å². The molecular weight excluding hydrogens is 418 g/mol. The van der Waals surface area contributed by atoms with Crippen LogP contribution in [0.15, 0.2) is 65.7 Å². The van der Waals surface area contributed by atoms with E-state index in [2.05, 4.69) is 33.7 Å². The van der Waals surface area contributed by atoms with Crippen molar-refractivity contribution >= 4 is 38.1 Å². The summed E-state index contributed by atoms with van der Waals surface area (Å²) in [5.74, 6) is 0. The van der Waals surface area contributed by atoms with Crippen LogP contribution in [0.25, 0.3) is 16.5 Å². The fraction of sp³-hybridized carbons (Fsp3) is 0.217. The zero-order valence-electron chi connectivity index (χ0n) is 16.9. The highest BCUT2D eigenvalue weighted by Gasteiger charge is 2.16. The van der Waals surface area contributed by atoms with Gasteiger partial charge in [0.1, 0.15) is 0 Å². The minimum Gasteiger partial charge on any atom is -0.372 e. The van der Waals surface area contributed by atoms with Crippen LogP contribution in [0.5, 0.6) is 0 Å². The number of nitrogens with one attached hydrogen (secondary N) is 2. The van der Waals surface area contributed by atoms with Crippen molar-refractivity contribution in [1.29, 1.82) is 0 Å². The van der Waals surface area contributed by atoms with E-state index in [0.29, 0.717) is 29.6 Å². The number of H-pyrrole nitrogens is 1. The molecule has 0 amide bonds. The van der Waals surface area contributed by atoms with Gasteiger partial charge in [-0.2, -0.15) is 0 Å². The number of allylic oxidation sites excluding steroid dienone is 2. The Bertz CT molecular complexity index is 1260. The number of hydrogen-bond acceptors (Lipinski definition) is 3. The quantitative estimate of drug-likeness (QED) is 0.586. The maximum absolute atomic E-state index is 12.4. The van der Waals surface area contributed by atoms with Crippen LogP contribution < -0.4 is 4.72 Å². The van der Waals surface area contributed by atoms with Gasteiger partial charge in [-0.3, -0.25) is 0 Å². The highest BCUT2D eigenvalue weighted by atomic mass is 35.5. The van der Waals surface area contributed by atoms with E-state index in [-0.39, 0.29) is 0 Å². The molecule has 3 aromatic rings. The van der Waals surface area contributed by atoms with E-state index < -0.39 is 10.0 Å². The monoisotopic (exact) mass is 441 g/mol. The summed E-state index contributed by atoms with van der Waals surface area (Å²) in [4.78, 5) is 5.79. The summed E-state index contributed by atoms with van der Waals surface area (Å²) in [6.45, 7) is 5.58. The first kappa shape index (κ1) is 20.7. The third-order valence-electron chi connectivity index (χ3n) is 5.24. The Hall–Kier alpha value is -2.54. The fourth-order valence-corrected chi connectivity index (χ4v) is 5.04. The smallest absolute Gasteiger partial charge is 0.240 e. The molecule has 5 nitrogen and oxygen atoms in total. The van der Waals surface area contributed by atoms with Crippen molar-refractivity contribution in [2.45, 2.75) is 18.7 Å². The van der Waals surface area contributed by atoms with Crippen molar-refractivity contribution in [3.8, 4) is 0 Å². The lowest BCUT2D eigenvalue weighted by atomic mass is 10.0. The van der Waals surface area contributed by atoms with Crippen LogP contribution in [0.3, 0.4) is 0 Å². The Morgan fingerprint density at radius 3 is 2.73 bits per heavy atom. The molecule has 2 heterocycles. The van der Waals surface area contributed by atoms with Crippen LogP contribution in [0.4, 0.5) is 0 Å². The third kappa shape index (κ3) is 4.31. The standard InChI is InChI=1S/C23H24ClN3O2S/c1-16-4-3-5-20(14-16)30(28,29)25-10-13-27-11-8-18(9-12-27)23-17(2)26-22-7-6-19(24)15-21(22)23/h3-9,11,14-15,25-26H,10,12-13H2,1-2H3. The average molecular weight is 442 g/mol. The van der Waals surface area contributed by atoms with Gasteiger partial charge in [-0.15, -0.1) is 0 Å². The maximum Gasteiger partial charge on any atom is 0.240 e. The molecule has 0 radical (unpaired) electrons. The number of aromatic amines is 1. The second kappa shape index (κ2) is 8.30. The highest BCUT2D eigenvalue weighted by Crippen LogP contribution is 2.32. The van der Waals surface area contributed by atoms with Crippen molar-refractivity contribution in [2.75, 3.05) is 19.6 Å². The number of aromatic nitrogens is 1. The van der Waals surface area contributed by atoms with E-state index >= 15 is 0 Å². The minimum absolute atomic E-state index is 0.298. The number of halogens is 1. The predicted molar refractivity (Wildman–Crippen MR) is 123 cm³/mol. The molecule has 0 bridgehead atoms. The van der Waals surface area contributed by atoms with Crippen LogP contribution in [0.1, 0.15) is 16.8 Å². The molecule has 2 N–H and O–H groups in total. The first-order valence-corrected chi connectivity index (χ1v) is 11.7. The summed E-state index contributed by atoms with van der Waals surface area (Å²) in [5.41, 5.74) is 5.38. The van der Waals surface area contributed by atoms with Gasteiger partial charge in [0.2, 0.25) is 10.0 Å². The van der Waals surface area contributed by atoms with Crippen molar-refractivity contribution in [3.05, 3.63) is 82.7 Å². The number of sulfonamides is 1. The molecule has 4 rings (SSSR count). The van der Waals surface area contributed by atoms with Crippen LogP contribution in [0, 0.1) is 13.8 Å². The Kier molecular flexibility index (Phi) is 5.73. The lowest BCUT2D eigenvalue weighted by Crippen LogP contribution is -2.33. The van der Waals surface area contributed by atoms with Gasteiger partial charge in [0.05, 0.1) is 4.90 Å². The molecule has 1 aliphatic heterocycles. The minimum atomic E-state index is -3.50. The van der Waals surface area contributed by atoms with Gasteiger partial charge in [-0.05, 0) is 67.6 Å². The fourth-order valence-electron chi connectivity index (χ4n) is 3.74. The summed E-state index contributed by atoms with van der Waals surface area (Å²) in [7, 11) is -3.50. The van der Waals surface area contributed by atoms with E-state index in [1.165, 1.54) is 0 Å². The van der Waals surface area contributed by atoms with E-state index in [9.17, 15) is 8.42 Å². The van der Waals surface area contributed by atoms with Gasteiger partial charge in [0, 0.05) is 46.8 Å². The SMILES string of the molecule is Cc1cccc(S(=O)(=O)NCCN2C=CC(c3c(C)[nH]c4ccc(Cl)cc34)=CC2)c1. The van der Waals surface area contributed by atoms with E-state index in [0.717, 1.165) is 33.3 Å². The Balaban J connectivity index is 1.40. The summed E-state index contributed by atoms with van der Waals surface area (Å²) < 4.78 is 27.6. The third-order valence-corrected chi connectivity index (χ3v) is 6.93. The predicted octanol–water partition coefficient (Wildman–Crippen LogP) is 4.63. The molecule has 0 saturated carbocycles. The lowest BCUT2D eigenvalue weighted by molar-refractivity contribution is 0.416. The Morgan fingerprint density at radius 1 is 1.17 bits per heavy atom. The Morgan fingerprint density at radius 2 is 2.00 bits per heavy atom. The van der Waals surface area contributed by atoms with Gasteiger partial charge >= 0.3 is 0 Å². The van der Waals surface area contributed by atoms with E-state index in [1.807, 2.05) is 37.4 Å². The van der Waals surface area contributed by atoms with Crippen LogP contribution in [-0.2, 0) is 10.0 Å². The van der Waals surface area contributed by atoms with Gasteiger partial charge in [-0.1, -0.05) is 29.8 Å². The summed E-state index contributed by atoms with van der Waals surface area (Å²) >= 11 is 6.19. The molecule has 2 aromatic carbocycles. The summed E-state index contributed by atoms with van der Waals surface area (Å²) in [6, 6.07) is 12.8. The van der Waals surface area contributed by atoms with Gasteiger partial charge < -0.3 is 9.88 Å². The number of benzene rings is 2. The average Bonchev–Trinajstić information content (AvgIpc) is 3.03. The van der Waals surface area contributed by atoms with E-state index in [1.54, 1.807) is 18.2 Å². The highest BCUT2D eigenvalue weighted by molar-refractivity contribution is 7.89. The molecule has 0 atom stereocenters. The molecule has 7 heteroatoms. The second-order valence-electron chi connectivity index (χ2n) is 7.50. The van der Waals surface area contributed by atoms with Gasteiger partial charge in [-0.25, -0.2) is 13.1 Å². The summed E-state index contributed by atoms with van der Waals surface area (Å²) in [5, 5.41) is 1.82.